The molecule has 3 nitrogen and oxygen atoms in total. The maximum absolute atomic E-state index is 8.84. The van der Waals surface area contributed by atoms with Crippen molar-refractivity contribution in [3.05, 3.63) is 28.8 Å². The molecule has 0 radical (unpaired) electrons. The van der Waals surface area contributed by atoms with E-state index in [9.17, 15) is 0 Å². The third-order valence-electron chi connectivity index (χ3n) is 2.10. The van der Waals surface area contributed by atoms with Gasteiger partial charge in [-0.2, -0.15) is 5.26 Å². The van der Waals surface area contributed by atoms with Crippen LogP contribution in [0.5, 0.6) is 5.75 Å². The molecule has 1 saturated heterocycles. The fourth-order valence-electron chi connectivity index (χ4n) is 1.22. The number of nitrogens with zero attached hydrogens (tertiary/aromatic N) is 1. The van der Waals surface area contributed by atoms with Crippen molar-refractivity contribution >= 4 is 11.6 Å². The summed E-state index contributed by atoms with van der Waals surface area (Å²) in [5.41, 5.74) is 0.490. The molecular weight excluding hydrogens is 200 g/mol. The van der Waals surface area contributed by atoms with E-state index in [2.05, 4.69) is 11.4 Å². The minimum atomic E-state index is 0.184. The predicted octanol–water partition coefficient (Wildman–Crippen LogP) is 1.56. The molecule has 1 aromatic carbocycles. The molecule has 1 aliphatic rings. The second kappa shape index (κ2) is 3.87. The zero-order chi connectivity index (χ0) is 9.97. The number of hydrogen-bond donors (Lipinski definition) is 1. The molecule has 14 heavy (non-hydrogen) atoms. The Balaban J connectivity index is 2.19. The number of nitriles is 1. The lowest BCUT2D eigenvalue weighted by Gasteiger charge is -2.28. The zero-order valence-electron chi connectivity index (χ0n) is 7.46. The largest absolute Gasteiger partial charge is 0.486 e. The van der Waals surface area contributed by atoms with E-state index < -0.39 is 0 Å². The van der Waals surface area contributed by atoms with Gasteiger partial charge in [0.1, 0.15) is 17.9 Å². The van der Waals surface area contributed by atoms with Gasteiger partial charge >= 0.3 is 0 Å². The van der Waals surface area contributed by atoms with Crippen LogP contribution < -0.4 is 10.1 Å². The van der Waals surface area contributed by atoms with Gasteiger partial charge in [-0.1, -0.05) is 11.6 Å². The summed E-state index contributed by atoms with van der Waals surface area (Å²) in [7, 11) is 0. The molecule has 4 heteroatoms. The van der Waals surface area contributed by atoms with Crippen LogP contribution in [0.3, 0.4) is 0 Å². The molecule has 0 atom stereocenters. The lowest BCUT2D eigenvalue weighted by molar-refractivity contribution is 0.142. The molecule has 72 valence electrons. The second-order valence-electron chi connectivity index (χ2n) is 3.15. The van der Waals surface area contributed by atoms with Crippen molar-refractivity contribution in [2.45, 2.75) is 6.10 Å². The smallest absolute Gasteiger partial charge is 0.137 e. The first-order chi connectivity index (χ1) is 6.79. The number of rotatable bonds is 2. The Morgan fingerprint density at radius 1 is 1.50 bits per heavy atom. The topological polar surface area (TPSA) is 45.0 Å². The van der Waals surface area contributed by atoms with Gasteiger partial charge in [0.25, 0.3) is 0 Å². The third kappa shape index (κ3) is 1.82. The average Bonchev–Trinajstić information content (AvgIpc) is 2.13. The lowest BCUT2D eigenvalue weighted by atomic mass is 10.2. The summed E-state index contributed by atoms with van der Waals surface area (Å²) in [6.45, 7) is 1.68. The van der Waals surface area contributed by atoms with Crippen LogP contribution in [0.2, 0.25) is 5.02 Å². The van der Waals surface area contributed by atoms with Gasteiger partial charge < -0.3 is 10.1 Å². The van der Waals surface area contributed by atoms with Crippen LogP contribution in [0, 0.1) is 11.3 Å². The van der Waals surface area contributed by atoms with E-state index in [0.717, 1.165) is 13.1 Å². The first kappa shape index (κ1) is 9.32. The van der Waals surface area contributed by atoms with Crippen LogP contribution >= 0.6 is 11.6 Å². The van der Waals surface area contributed by atoms with Crippen LogP contribution in [-0.4, -0.2) is 19.2 Å². The van der Waals surface area contributed by atoms with Crippen molar-refractivity contribution in [3.63, 3.8) is 0 Å². The van der Waals surface area contributed by atoms with Crippen molar-refractivity contribution in [1.82, 2.24) is 5.32 Å². The summed E-state index contributed by atoms with van der Waals surface area (Å²) >= 11 is 5.76. The van der Waals surface area contributed by atoms with E-state index in [4.69, 9.17) is 21.6 Å². The Hall–Kier alpha value is -1.24. The van der Waals surface area contributed by atoms with E-state index >= 15 is 0 Å². The summed E-state index contributed by atoms with van der Waals surface area (Å²) in [6, 6.07) is 7.14. The fraction of sp³-hybridized carbons (Fsp3) is 0.300. The molecule has 0 aliphatic carbocycles. The molecule has 1 N–H and O–H groups in total. The summed E-state index contributed by atoms with van der Waals surface area (Å²) in [5.74, 6) is 0.614. The van der Waals surface area contributed by atoms with Gasteiger partial charge in [-0.25, -0.2) is 0 Å². The Morgan fingerprint density at radius 3 is 2.86 bits per heavy atom. The van der Waals surface area contributed by atoms with Gasteiger partial charge in [0.2, 0.25) is 0 Å². The van der Waals surface area contributed by atoms with Crippen LogP contribution in [-0.2, 0) is 0 Å². The fourth-order valence-corrected chi connectivity index (χ4v) is 1.39. The lowest BCUT2D eigenvalue weighted by Crippen LogP contribution is -2.50. The SMILES string of the molecule is N#Cc1cc(Cl)ccc1OC1CNC1. The average molecular weight is 209 g/mol. The number of hydrogen-bond acceptors (Lipinski definition) is 3. The zero-order valence-corrected chi connectivity index (χ0v) is 8.21. The molecule has 0 saturated carbocycles. The van der Waals surface area contributed by atoms with Crippen molar-refractivity contribution in [1.29, 1.82) is 5.26 Å². The van der Waals surface area contributed by atoms with Crippen molar-refractivity contribution in [2.75, 3.05) is 13.1 Å². The van der Waals surface area contributed by atoms with Gasteiger partial charge in [0, 0.05) is 18.1 Å². The van der Waals surface area contributed by atoms with Gasteiger partial charge in [-0.3, -0.25) is 0 Å². The maximum atomic E-state index is 8.84. The Labute approximate surface area is 87.2 Å². The van der Waals surface area contributed by atoms with Gasteiger partial charge in [-0.05, 0) is 18.2 Å². The molecule has 1 fully saturated rings. The minimum absolute atomic E-state index is 0.184. The van der Waals surface area contributed by atoms with Gasteiger partial charge in [-0.15, -0.1) is 0 Å². The standard InChI is InChI=1S/C10H9ClN2O/c11-8-1-2-10(7(3-8)4-12)14-9-5-13-6-9/h1-3,9,13H,5-6H2. The Bertz CT molecular complexity index is 382. The third-order valence-corrected chi connectivity index (χ3v) is 2.33. The molecule has 1 aromatic rings. The highest BCUT2D eigenvalue weighted by atomic mass is 35.5. The van der Waals surface area contributed by atoms with E-state index in [-0.39, 0.29) is 6.10 Å². The van der Waals surface area contributed by atoms with Crippen molar-refractivity contribution < 1.29 is 4.74 Å². The summed E-state index contributed by atoms with van der Waals surface area (Å²) < 4.78 is 5.58. The molecule has 0 spiro atoms. The molecule has 2 rings (SSSR count). The normalized spacial score (nSPS) is 15.7. The molecule has 0 aromatic heterocycles. The number of benzene rings is 1. The minimum Gasteiger partial charge on any atom is -0.486 e. The highest BCUT2D eigenvalue weighted by molar-refractivity contribution is 6.30. The molecule has 0 amide bonds. The van der Waals surface area contributed by atoms with Crippen LogP contribution in [0.15, 0.2) is 18.2 Å². The quantitative estimate of drug-likeness (QED) is 0.803. The monoisotopic (exact) mass is 208 g/mol. The highest BCUT2D eigenvalue weighted by Crippen LogP contribution is 2.23. The van der Waals surface area contributed by atoms with E-state index in [1.807, 2.05) is 0 Å². The number of nitrogens with one attached hydrogen (secondary N) is 1. The first-order valence-electron chi connectivity index (χ1n) is 4.36. The van der Waals surface area contributed by atoms with Crippen LogP contribution in [0.25, 0.3) is 0 Å². The maximum Gasteiger partial charge on any atom is 0.137 e. The van der Waals surface area contributed by atoms with Crippen LogP contribution in [0.1, 0.15) is 5.56 Å². The van der Waals surface area contributed by atoms with Gasteiger partial charge in [0.15, 0.2) is 0 Å². The molecule has 0 bridgehead atoms. The van der Waals surface area contributed by atoms with Gasteiger partial charge in [0.05, 0.1) is 5.56 Å². The second-order valence-corrected chi connectivity index (χ2v) is 3.59. The highest BCUT2D eigenvalue weighted by Gasteiger charge is 2.19. The Kier molecular flexibility index (Phi) is 2.58. The Morgan fingerprint density at radius 2 is 2.29 bits per heavy atom. The molecule has 0 unspecified atom stereocenters. The molecular formula is C10H9ClN2O. The number of ether oxygens (including phenoxy) is 1. The summed E-state index contributed by atoms with van der Waals surface area (Å²) in [4.78, 5) is 0. The van der Waals surface area contributed by atoms with E-state index in [1.165, 1.54) is 0 Å². The van der Waals surface area contributed by atoms with Crippen molar-refractivity contribution in [3.8, 4) is 11.8 Å². The summed E-state index contributed by atoms with van der Waals surface area (Å²) in [5, 5.41) is 12.5. The predicted molar refractivity (Wildman–Crippen MR) is 53.5 cm³/mol. The van der Waals surface area contributed by atoms with Crippen molar-refractivity contribution in [2.24, 2.45) is 0 Å². The summed E-state index contributed by atoms with van der Waals surface area (Å²) in [6.07, 6.45) is 0.184. The first-order valence-corrected chi connectivity index (χ1v) is 4.74. The van der Waals surface area contributed by atoms with E-state index in [1.54, 1.807) is 18.2 Å². The molecule has 1 heterocycles. The van der Waals surface area contributed by atoms with E-state index in [0.29, 0.717) is 16.3 Å². The number of halogens is 1. The molecule has 1 aliphatic heterocycles. The van der Waals surface area contributed by atoms with Crippen LogP contribution in [0.4, 0.5) is 0 Å².